The molecule has 2 aromatic rings. The largest absolute Gasteiger partial charge is 0.372 e. The van der Waals surface area contributed by atoms with Gasteiger partial charge in [-0.1, -0.05) is 49.1 Å². The maximum atomic E-state index is 12.3. The van der Waals surface area contributed by atoms with Crippen molar-refractivity contribution < 1.29 is 4.79 Å². The van der Waals surface area contributed by atoms with Crippen molar-refractivity contribution in [2.75, 3.05) is 20.1 Å². The number of nitrogens with zero attached hydrogens (tertiary/aromatic N) is 2. The van der Waals surface area contributed by atoms with Crippen LogP contribution in [0.2, 0.25) is 0 Å². The molecular formula is C21H25N3OS. The second-order valence-electron chi connectivity index (χ2n) is 6.44. The van der Waals surface area contributed by atoms with Gasteiger partial charge in [0, 0.05) is 31.4 Å². The van der Waals surface area contributed by atoms with E-state index in [2.05, 4.69) is 52.5 Å². The Balaban J connectivity index is 1.51. The van der Waals surface area contributed by atoms with Crippen LogP contribution < -0.4 is 5.32 Å². The molecule has 1 aromatic carbocycles. The van der Waals surface area contributed by atoms with E-state index in [0.29, 0.717) is 6.54 Å². The second kappa shape index (κ2) is 8.72. The van der Waals surface area contributed by atoms with Gasteiger partial charge in [-0.05, 0) is 35.0 Å². The van der Waals surface area contributed by atoms with Crippen molar-refractivity contribution in [3.8, 4) is 0 Å². The Morgan fingerprint density at radius 2 is 2.19 bits per heavy atom. The molecule has 1 N–H and O–H groups in total. The van der Waals surface area contributed by atoms with Crippen LogP contribution in [-0.2, 0) is 6.54 Å². The summed E-state index contributed by atoms with van der Waals surface area (Å²) in [6.07, 6.45) is 10.8. The minimum atomic E-state index is -0.0417. The number of thiophene rings is 1. The first-order valence-electron chi connectivity index (χ1n) is 8.84. The third-order valence-electron chi connectivity index (χ3n) is 4.55. The van der Waals surface area contributed by atoms with Gasteiger partial charge >= 0.3 is 6.03 Å². The average molecular weight is 368 g/mol. The molecule has 136 valence electrons. The molecule has 2 amide bonds. The fraction of sp³-hybridized carbons (Fsp3) is 0.286. The fourth-order valence-electron chi connectivity index (χ4n) is 2.95. The van der Waals surface area contributed by atoms with E-state index in [4.69, 9.17) is 0 Å². The SMILES string of the molecule is C=CN(CCN(C)C(=O)NC1C=CC=CC1)Cc1csc2ccccc12. The number of urea groups is 1. The normalized spacial score (nSPS) is 15.8. The molecule has 0 spiro atoms. The maximum Gasteiger partial charge on any atom is 0.317 e. The highest BCUT2D eigenvalue weighted by Crippen LogP contribution is 2.26. The number of rotatable bonds is 7. The van der Waals surface area contributed by atoms with Gasteiger partial charge in [-0.3, -0.25) is 0 Å². The molecule has 0 radical (unpaired) electrons. The number of hydrogen-bond acceptors (Lipinski definition) is 3. The van der Waals surface area contributed by atoms with E-state index in [1.54, 1.807) is 16.2 Å². The number of allylic oxidation sites excluding steroid dienone is 2. The third-order valence-corrected chi connectivity index (χ3v) is 5.56. The smallest absolute Gasteiger partial charge is 0.317 e. The van der Waals surface area contributed by atoms with E-state index in [9.17, 15) is 4.79 Å². The molecule has 1 aliphatic rings. The first-order valence-corrected chi connectivity index (χ1v) is 9.72. The zero-order valence-corrected chi connectivity index (χ0v) is 15.9. The maximum absolute atomic E-state index is 12.3. The van der Waals surface area contributed by atoms with Crippen LogP contribution in [0.25, 0.3) is 10.1 Å². The number of benzene rings is 1. The van der Waals surface area contributed by atoms with Crippen LogP contribution in [0.4, 0.5) is 4.79 Å². The Bertz CT molecular complexity index is 824. The summed E-state index contributed by atoms with van der Waals surface area (Å²) in [6.45, 7) is 6.13. The molecule has 1 atom stereocenters. The molecule has 3 rings (SSSR count). The van der Waals surface area contributed by atoms with Crippen LogP contribution >= 0.6 is 11.3 Å². The monoisotopic (exact) mass is 367 g/mol. The van der Waals surface area contributed by atoms with E-state index >= 15 is 0 Å². The summed E-state index contributed by atoms with van der Waals surface area (Å²) in [5, 5.41) is 6.54. The summed E-state index contributed by atoms with van der Waals surface area (Å²) >= 11 is 1.77. The summed E-state index contributed by atoms with van der Waals surface area (Å²) in [4.78, 5) is 16.2. The molecule has 5 heteroatoms. The van der Waals surface area contributed by atoms with Crippen LogP contribution in [0.5, 0.6) is 0 Å². The van der Waals surface area contributed by atoms with Gasteiger partial charge in [0.05, 0.1) is 6.04 Å². The van der Waals surface area contributed by atoms with Crippen molar-refractivity contribution in [2.45, 2.75) is 19.0 Å². The first kappa shape index (κ1) is 18.3. The van der Waals surface area contributed by atoms with E-state index in [1.807, 2.05) is 31.5 Å². The third kappa shape index (κ3) is 4.55. The standard InChI is InChI=1S/C21H25N3OS/c1-3-24(15-17-16-26-20-12-8-7-11-19(17)20)14-13-23(2)21(25)22-18-9-5-4-6-10-18/h3-9,11-12,16,18H,1,10,13-15H2,2H3,(H,22,25). The van der Waals surface area contributed by atoms with Gasteiger partial charge in [-0.15, -0.1) is 11.3 Å². The number of fused-ring (bicyclic) bond motifs is 1. The Morgan fingerprint density at radius 1 is 1.35 bits per heavy atom. The van der Waals surface area contributed by atoms with Crippen LogP contribution in [-0.4, -0.2) is 42.0 Å². The molecule has 1 unspecified atom stereocenters. The van der Waals surface area contributed by atoms with Crippen molar-refractivity contribution in [3.05, 3.63) is 72.3 Å². The number of amides is 2. The topological polar surface area (TPSA) is 35.6 Å². The Kier molecular flexibility index (Phi) is 6.12. The molecule has 4 nitrogen and oxygen atoms in total. The zero-order valence-electron chi connectivity index (χ0n) is 15.1. The van der Waals surface area contributed by atoms with Gasteiger partial charge < -0.3 is 15.1 Å². The molecule has 0 bridgehead atoms. The van der Waals surface area contributed by atoms with Gasteiger partial charge in [-0.2, -0.15) is 0 Å². The van der Waals surface area contributed by atoms with Crippen LogP contribution in [0.3, 0.4) is 0 Å². The van der Waals surface area contributed by atoms with Gasteiger partial charge in [-0.25, -0.2) is 4.79 Å². The summed E-state index contributed by atoms with van der Waals surface area (Å²) in [5.74, 6) is 0. The molecule has 1 aliphatic carbocycles. The molecule has 0 saturated carbocycles. The van der Waals surface area contributed by atoms with E-state index < -0.39 is 0 Å². The Morgan fingerprint density at radius 3 is 2.96 bits per heavy atom. The highest BCUT2D eigenvalue weighted by Gasteiger charge is 2.14. The number of carbonyl (C=O) groups excluding carboxylic acids is 1. The Labute approximate surface area is 159 Å². The number of nitrogens with one attached hydrogen (secondary N) is 1. The van der Waals surface area contributed by atoms with Crippen molar-refractivity contribution in [2.24, 2.45) is 0 Å². The molecule has 1 heterocycles. The van der Waals surface area contributed by atoms with Crippen molar-refractivity contribution in [1.82, 2.24) is 15.1 Å². The molecule has 0 fully saturated rings. The van der Waals surface area contributed by atoms with Crippen LogP contribution in [0.1, 0.15) is 12.0 Å². The van der Waals surface area contributed by atoms with Crippen molar-refractivity contribution in [3.63, 3.8) is 0 Å². The lowest BCUT2D eigenvalue weighted by molar-refractivity contribution is 0.200. The highest BCUT2D eigenvalue weighted by molar-refractivity contribution is 7.17. The lowest BCUT2D eigenvalue weighted by atomic mass is 10.1. The minimum Gasteiger partial charge on any atom is -0.372 e. The first-order chi connectivity index (χ1) is 12.7. The number of hydrogen-bond donors (Lipinski definition) is 1. The number of carbonyl (C=O) groups is 1. The Hall–Kier alpha value is -2.53. The fourth-order valence-corrected chi connectivity index (χ4v) is 3.90. The van der Waals surface area contributed by atoms with Crippen LogP contribution in [0, 0.1) is 0 Å². The number of likely N-dealkylation sites (N-methyl/N-ethyl adjacent to an activating group) is 1. The molecule has 1 aromatic heterocycles. The molecular weight excluding hydrogens is 342 g/mol. The van der Waals surface area contributed by atoms with Gasteiger partial charge in [0.1, 0.15) is 0 Å². The second-order valence-corrected chi connectivity index (χ2v) is 7.35. The zero-order chi connectivity index (χ0) is 18.4. The predicted octanol–water partition coefficient (Wildman–Crippen LogP) is 4.37. The summed E-state index contributed by atoms with van der Waals surface area (Å²) in [5.41, 5.74) is 1.30. The molecule has 26 heavy (non-hydrogen) atoms. The van der Waals surface area contributed by atoms with Crippen LogP contribution in [0.15, 0.2) is 66.7 Å². The summed E-state index contributed by atoms with van der Waals surface area (Å²) in [6, 6.07) is 8.49. The predicted molar refractivity (Wildman–Crippen MR) is 110 cm³/mol. The van der Waals surface area contributed by atoms with E-state index in [-0.39, 0.29) is 12.1 Å². The van der Waals surface area contributed by atoms with E-state index in [0.717, 1.165) is 19.5 Å². The summed E-state index contributed by atoms with van der Waals surface area (Å²) < 4.78 is 1.30. The minimum absolute atomic E-state index is 0.0417. The van der Waals surface area contributed by atoms with Gasteiger partial charge in [0.2, 0.25) is 0 Å². The highest BCUT2D eigenvalue weighted by atomic mass is 32.1. The van der Waals surface area contributed by atoms with Gasteiger partial charge in [0.15, 0.2) is 0 Å². The average Bonchev–Trinajstić information content (AvgIpc) is 3.08. The van der Waals surface area contributed by atoms with E-state index in [1.165, 1.54) is 15.6 Å². The van der Waals surface area contributed by atoms with Crippen molar-refractivity contribution in [1.29, 1.82) is 0 Å². The lowest BCUT2D eigenvalue weighted by Gasteiger charge is -2.26. The molecule has 0 aliphatic heterocycles. The molecule has 0 saturated heterocycles. The quantitative estimate of drug-likeness (QED) is 0.789. The van der Waals surface area contributed by atoms with Gasteiger partial charge in [0.25, 0.3) is 0 Å². The summed E-state index contributed by atoms with van der Waals surface area (Å²) in [7, 11) is 1.83. The van der Waals surface area contributed by atoms with Crippen molar-refractivity contribution >= 4 is 27.5 Å². The lowest BCUT2D eigenvalue weighted by Crippen LogP contribution is -2.44.